The summed E-state index contributed by atoms with van der Waals surface area (Å²) in [5.74, 6) is 1.66. The van der Waals surface area contributed by atoms with E-state index < -0.39 is 0 Å². The molecule has 2 heterocycles. The standard InChI is InChI=1S/C8H13N3O2.ClH/c9-5-7-10-8(13-11-7)6-1-3-12-4-2-6;/h6H,1-5,9H2;1H. The van der Waals surface area contributed by atoms with Crippen molar-refractivity contribution in [2.24, 2.45) is 5.73 Å². The Labute approximate surface area is 88.4 Å². The van der Waals surface area contributed by atoms with Crippen LogP contribution in [-0.4, -0.2) is 23.4 Å². The van der Waals surface area contributed by atoms with Crippen molar-refractivity contribution >= 4 is 12.4 Å². The molecule has 5 nitrogen and oxygen atoms in total. The second-order valence-corrected chi connectivity index (χ2v) is 3.14. The van der Waals surface area contributed by atoms with Crippen molar-refractivity contribution in [2.45, 2.75) is 25.3 Å². The SMILES string of the molecule is Cl.NCc1noc(C2CCOCC2)n1. The highest BCUT2D eigenvalue weighted by Crippen LogP contribution is 2.24. The molecular formula is C8H14ClN3O2. The van der Waals surface area contributed by atoms with Crippen molar-refractivity contribution in [3.63, 3.8) is 0 Å². The van der Waals surface area contributed by atoms with Crippen LogP contribution in [0, 0.1) is 0 Å². The number of rotatable bonds is 2. The van der Waals surface area contributed by atoms with E-state index >= 15 is 0 Å². The van der Waals surface area contributed by atoms with Crippen LogP contribution in [0.2, 0.25) is 0 Å². The Hall–Kier alpha value is -0.650. The van der Waals surface area contributed by atoms with Gasteiger partial charge in [0, 0.05) is 19.1 Å². The highest BCUT2D eigenvalue weighted by atomic mass is 35.5. The van der Waals surface area contributed by atoms with Crippen molar-refractivity contribution in [2.75, 3.05) is 13.2 Å². The minimum atomic E-state index is 0. The van der Waals surface area contributed by atoms with Gasteiger partial charge in [-0.2, -0.15) is 4.98 Å². The summed E-state index contributed by atoms with van der Waals surface area (Å²) in [6.45, 7) is 1.91. The number of hydrogen-bond donors (Lipinski definition) is 1. The molecule has 0 bridgehead atoms. The summed E-state index contributed by atoms with van der Waals surface area (Å²) >= 11 is 0. The Bertz CT molecular complexity index is 273. The van der Waals surface area contributed by atoms with Gasteiger partial charge in [-0.3, -0.25) is 0 Å². The molecule has 0 saturated carbocycles. The Morgan fingerprint density at radius 2 is 2.07 bits per heavy atom. The maximum absolute atomic E-state index is 5.38. The molecule has 0 aliphatic carbocycles. The highest BCUT2D eigenvalue weighted by molar-refractivity contribution is 5.85. The van der Waals surface area contributed by atoms with Crippen LogP contribution in [-0.2, 0) is 11.3 Å². The van der Waals surface area contributed by atoms with Crippen LogP contribution in [0.4, 0.5) is 0 Å². The Balaban J connectivity index is 0.000000980. The number of nitrogens with zero attached hydrogens (tertiary/aromatic N) is 2. The lowest BCUT2D eigenvalue weighted by Gasteiger charge is -2.17. The minimum Gasteiger partial charge on any atom is -0.381 e. The molecule has 1 aromatic rings. The van der Waals surface area contributed by atoms with E-state index in [9.17, 15) is 0 Å². The molecule has 14 heavy (non-hydrogen) atoms. The highest BCUT2D eigenvalue weighted by Gasteiger charge is 2.21. The van der Waals surface area contributed by atoms with Crippen molar-refractivity contribution in [3.05, 3.63) is 11.7 Å². The van der Waals surface area contributed by atoms with Gasteiger partial charge in [0.15, 0.2) is 5.82 Å². The molecule has 2 rings (SSSR count). The van der Waals surface area contributed by atoms with Gasteiger partial charge in [0.1, 0.15) is 0 Å². The van der Waals surface area contributed by atoms with Gasteiger partial charge in [0.25, 0.3) is 0 Å². The van der Waals surface area contributed by atoms with E-state index in [0.29, 0.717) is 24.2 Å². The lowest BCUT2D eigenvalue weighted by atomic mass is 10.0. The topological polar surface area (TPSA) is 74.2 Å². The zero-order valence-electron chi connectivity index (χ0n) is 7.81. The monoisotopic (exact) mass is 219 g/mol. The van der Waals surface area contributed by atoms with Gasteiger partial charge in [-0.15, -0.1) is 12.4 Å². The number of halogens is 1. The van der Waals surface area contributed by atoms with Crippen LogP contribution in [0.3, 0.4) is 0 Å². The molecule has 1 aliphatic heterocycles. The fourth-order valence-electron chi connectivity index (χ4n) is 1.46. The molecule has 0 spiro atoms. The van der Waals surface area contributed by atoms with Crippen LogP contribution >= 0.6 is 12.4 Å². The Morgan fingerprint density at radius 3 is 2.64 bits per heavy atom. The Morgan fingerprint density at radius 1 is 1.36 bits per heavy atom. The third kappa shape index (κ3) is 2.43. The van der Waals surface area contributed by atoms with Gasteiger partial charge >= 0.3 is 0 Å². The van der Waals surface area contributed by atoms with Crippen LogP contribution in [0.1, 0.15) is 30.5 Å². The van der Waals surface area contributed by atoms with Gasteiger partial charge in [-0.05, 0) is 12.8 Å². The van der Waals surface area contributed by atoms with Gasteiger partial charge in [-0.25, -0.2) is 0 Å². The average Bonchev–Trinajstić information content (AvgIpc) is 2.67. The molecule has 0 radical (unpaired) electrons. The number of nitrogens with two attached hydrogens (primary N) is 1. The Kier molecular flexibility index (Phi) is 4.31. The van der Waals surface area contributed by atoms with E-state index in [1.807, 2.05) is 0 Å². The first-order valence-electron chi connectivity index (χ1n) is 4.50. The van der Waals surface area contributed by atoms with Crippen molar-refractivity contribution in [1.82, 2.24) is 10.1 Å². The first kappa shape index (κ1) is 11.4. The van der Waals surface area contributed by atoms with E-state index in [4.69, 9.17) is 15.0 Å². The molecule has 0 aromatic carbocycles. The maximum atomic E-state index is 5.38. The average molecular weight is 220 g/mol. The molecule has 6 heteroatoms. The molecule has 0 atom stereocenters. The summed E-state index contributed by atoms with van der Waals surface area (Å²) in [4.78, 5) is 4.19. The van der Waals surface area contributed by atoms with Crippen LogP contribution in [0.25, 0.3) is 0 Å². The molecule has 0 unspecified atom stereocenters. The summed E-state index contributed by atoms with van der Waals surface area (Å²) < 4.78 is 10.3. The number of ether oxygens (including phenoxy) is 1. The number of hydrogen-bond acceptors (Lipinski definition) is 5. The summed E-state index contributed by atoms with van der Waals surface area (Å²) in [6, 6.07) is 0. The van der Waals surface area contributed by atoms with Crippen LogP contribution < -0.4 is 5.73 Å². The zero-order valence-corrected chi connectivity index (χ0v) is 8.63. The summed E-state index contributed by atoms with van der Waals surface area (Å²) in [7, 11) is 0. The lowest BCUT2D eigenvalue weighted by molar-refractivity contribution is 0.0778. The predicted molar refractivity (Wildman–Crippen MR) is 52.2 cm³/mol. The molecule has 1 fully saturated rings. The fourth-order valence-corrected chi connectivity index (χ4v) is 1.46. The lowest BCUT2D eigenvalue weighted by Crippen LogP contribution is -2.14. The summed E-state index contributed by atoms with van der Waals surface area (Å²) in [5, 5.41) is 3.76. The van der Waals surface area contributed by atoms with Gasteiger partial charge in [0.2, 0.25) is 5.89 Å². The molecule has 1 aromatic heterocycles. The normalized spacial score (nSPS) is 17.8. The van der Waals surface area contributed by atoms with Crippen molar-refractivity contribution < 1.29 is 9.26 Å². The summed E-state index contributed by atoms with van der Waals surface area (Å²) in [6.07, 6.45) is 1.93. The fraction of sp³-hybridized carbons (Fsp3) is 0.750. The third-order valence-corrected chi connectivity index (χ3v) is 2.24. The summed E-state index contributed by atoms with van der Waals surface area (Å²) in [5.41, 5.74) is 5.38. The molecule has 2 N–H and O–H groups in total. The van der Waals surface area contributed by atoms with Crippen molar-refractivity contribution in [1.29, 1.82) is 0 Å². The minimum absolute atomic E-state index is 0. The first-order chi connectivity index (χ1) is 6.40. The molecule has 80 valence electrons. The predicted octanol–water partition coefficient (Wildman–Crippen LogP) is 0.844. The smallest absolute Gasteiger partial charge is 0.229 e. The van der Waals surface area contributed by atoms with E-state index in [-0.39, 0.29) is 12.4 Å². The van der Waals surface area contributed by atoms with E-state index in [1.54, 1.807) is 0 Å². The zero-order chi connectivity index (χ0) is 9.10. The largest absolute Gasteiger partial charge is 0.381 e. The van der Waals surface area contributed by atoms with Crippen LogP contribution in [0.15, 0.2) is 4.52 Å². The van der Waals surface area contributed by atoms with E-state index in [2.05, 4.69) is 10.1 Å². The second kappa shape index (κ2) is 5.29. The molecular weight excluding hydrogens is 206 g/mol. The van der Waals surface area contributed by atoms with E-state index in [0.717, 1.165) is 26.1 Å². The van der Waals surface area contributed by atoms with E-state index in [1.165, 1.54) is 0 Å². The molecule has 1 aliphatic rings. The third-order valence-electron chi connectivity index (χ3n) is 2.24. The second-order valence-electron chi connectivity index (χ2n) is 3.14. The first-order valence-corrected chi connectivity index (χ1v) is 4.50. The maximum Gasteiger partial charge on any atom is 0.229 e. The van der Waals surface area contributed by atoms with Gasteiger partial charge in [0.05, 0.1) is 6.54 Å². The quantitative estimate of drug-likeness (QED) is 0.798. The van der Waals surface area contributed by atoms with Gasteiger partial charge < -0.3 is 15.0 Å². The molecule has 0 amide bonds. The van der Waals surface area contributed by atoms with Crippen LogP contribution in [0.5, 0.6) is 0 Å². The van der Waals surface area contributed by atoms with Gasteiger partial charge in [-0.1, -0.05) is 5.16 Å². The molecule has 1 saturated heterocycles. The van der Waals surface area contributed by atoms with Crippen molar-refractivity contribution in [3.8, 4) is 0 Å². The number of aromatic nitrogens is 2.